The normalized spacial score (nSPS) is 11.2. The lowest BCUT2D eigenvalue weighted by Gasteiger charge is -2.13. The number of likely N-dealkylation sites (N-methyl/N-ethyl adjacent to an activating group) is 1. The van der Waals surface area contributed by atoms with Crippen molar-refractivity contribution >= 4 is 22.4 Å². The van der Waals surface area contributed by atoms with Crippen LogP contribution in [0.1, 0.15) is 21.6 Å². The number of hydrogen-bond donors (Lipinski definition) is 1. The summed E-state index contributed by atoms with van der Waals surface area (Å²) < 4.78 is 1.88. The Labute approximate surface area is 148 Å². The van der Waals surface area contributed by atoms with E-state index in [4.69, 9.17) is 0 Å². The maximum Gasteiger partial charge on any atom is 0.259 e. The number of amides is 1. The molecule has 0 spiro atoms. The van der Waals surface area contributed by atoms with Gasteiger partial charge in [-0.25, -0.2) is 0 Å². The molecule has 130 valence electrons. The molecule has 0 fully saturated rings. The van der Waals surface area contributed by atoms with Crippen molar-refractivity contribution < 1.29 is 4.79 Å². The number of aryl methyl sites for hydroxylation is 1. The molecule has 3 rings (SSSR count). The fraction of sp³-hybridized carbons (Fsp3) is 0.300. The number of rotatable bonds is 5. The topological polar surface area (TPSA) is 50.2 Å². The number of fused-ring (bicyclic) bond motifs is 1. The number of benzene rings is 2. The van der Waals surface area contributed by atoms with E-state index in [0.717, 1.165) is 40.8 Å². The minimum absolute atomic E-state index is 0.118. The molecule has 3 aromatic rings. The molecule has 0 saturated carbocycles. The summed E-state index contributed by atoms with van der Waals surface area (Å²) in [6.45, 7) is 5.59. The van der Waals surface area contributed by atoms with Crippen LogP contribution in [0, 0.1) is 13.8 Å². The van der Waals surface area contributed by atoms with Gasteiger partial charge in [0.05, 0.1) is 24.0 Å². The molecule has 1 aromatic heterocycles. The van der Waals surface area contributed by atoms with Crippen LogP contribution < -0.4 is 5.32 Å². The van der Waals surface area contributed by atoms with E-state index in [2.05, 4.69) is 27.4 Å². The van der Waals surface area contributed by atoms with E-state index < -0.39 is 0 Å². The van der Waals surface area contributed by atoms with Crippen LogP contribution >= 0.6 is 0 Å². The monoisotopic (exact) mass is 336 g/mol. The molecule has 5 nitrogen and oxygen atoms in total. The third-order valence-electron chi connectivity index (χ3n) is 4.48. The van der Waals surface area contributed by atoms with E-state index >= 15 is 0 Å². The number of carbonyl (C=O) groups excluding carboxylic acids is 1. The molecule has 1 N–H and O–H groups in total. The number of nitrogens with one attached hydrogen (secondary N) is 1. The first-order valence-corrected chi connectivity index (χ1v) is 8.44. The summed E-state index contributed by atoms with van der Waals surface area (Å²) in [5.74, 6) is -0.118. The zero-order valence-corrected chi connectivity index (χ0v) is 15.2. The Morgan fingerprint density at radius 2 is 1.92 bits per heavy atom. The summed E-state index contributed by atoms with van der Waals surface area (Å²) in [5, 5.41) is 9.61. The SMILES string of the molecule is Cc1ccc2ccccc2c1NC(=O)c1cnn(CCN(C)C)c1C. The Balaban J connectivity index is 1.87. The molecule has 5 heteroatoms. The average molecular weight is 336 g/mol. The Kier molecular flexibility index (Phi) is 4.86. The molecule has 0 aliphatic rings. The van der Waals surface area contributed by atoms with E-state index in [1.807, 2.05) is 56.9 Å². The van der Waals surface area contributed by atoms with Gasteiger partial charge in [0.15, 0.2) is 0 Å². The quantitative estimate of drug-likeness (QED) is 0.776. The highest BCUT2D eigenvalue weighted by atomic mass is 16.1. The van der Waals surface area contributed by atoms with Gasteiger partial charge in [0.25, 0.3) is 5.91 Å². The summed E-state index contributed by atoms with van der Waals surface area (Å²) >= 11 is 0. The molecular weight excluding hydrogens is 312 g/mol. The number of hydrogen-bond acceptors (Lipinski definition) is 3. The van der Waals surface area contributed by atoms with Gasteiger partial charge < -0.3 is 10.2 Å². The lowest BCUT2D eigenvalue weighted by molar-refractivity contribution is 0.102. The summed E-state index contributed by atoms with van der Waals surface area (Å²) in [7, 11) is 4.05. The number of carbonyl (C=O) groups is 1. The first-order chi connectivity index (χ1) is 12.0. The van der Waals surface area contributed by atoms with Crippen LogP contribution in [0.4, 0.5) is 5.69 Å². The van der Waals surface area contributed by atoms with Crippen molar-refractivity contribution in [1.29, 1.82) is 0 Å². The maximum atomic E-state index is 12.8. The molecule has 2 aromatic carbocycles. The molecule has 1 heterocycles. The molecule has 0 aliphatic carbocycles. The van der Waals surface area contributed by atoms with E-state index in [9.17, 15) is 4.79 Å². The van der Waals surface area contributed by atoms with Crippen LogP contribution in [0.5, 0.6) is 0 Å². The zero-order chi connectivity index (χ0) is 18.0. The van der Waals surface area contributed by atoms with Crippen LogP contribution in [0.3, 0.4) is 0 Å². The zero-order valence-electron chi connectivity index (χ0n) is 15.2. The van der Waals surface area contributed by atoms with E-state index in [1.54, 1.807) is 6.20 Å². The molecular formula is C20H24N4O. The second-order valence-corrected chi connectivity index (χ2v) is 6.60. The predicted octanol–water partition coefficient (Wildman–Crippen LogP) is 3.47. The van der Waals surface area contributed by atoms with Gasteiger partial charge in [0.1, 0.15) is 0 Å². The van der Waals surface area contributed by atoms with Gasteiger partial charge in [0.2, 0.25) is 0 Å². The van der Waals surface area contributed by atoms with Crippen LogP contribution in [0.15, 0.2) is 42.6 Å². The standard InChI is InChI=1S/C20H24N4O/c1-14-9-10-16-7-5-6-8-17(16)19(14)22-20(25)18-13-21-24(15(18)2)12-11-23(3)4/h5-10,13H,11-12H2,1-4H3,(H,22,25). The predicted molar refractivity (Wildman–Crippen MR) is 102 cm³/mol. The first kappa shape index (κ1) is 17.2. The number of aromatic nitrogens is 2. The fourth-order valence-corrected chi connectivity index (χ4v) is 2.92. The van der Waals surface area contributed by atoms with E-state index in [0.29, 0.717) is 5.56 Å². The number of nitrogens with zero attached hydrogens (tertiary/aromatic N) is 3. The second kappa shape index (κ2) is 7.07. The van der Waals surface area contributed by atoms with Crippen LogP contribution in [-0.4, -0.2) is 41.2 Å². The van der Waals surface area contributed by atoms with Crippen molar-refractivity contribution in [3.63, 3.8) is 0 Å². The molecule has 1 amide bonds. The van der Waals surface area contributed by atoms with Crippen LogP contribution in [0.25, 0.3) is 10.8 Å². The molecule has 0 bridgehead atoms. The van der Waals surface area contributed by atoms with Crippen molar-refractivity contribution in [3.05, 3.63) is 59.4 Å². The highest BCUT2D eigenvalue weighted by Gasteiger charge is 2.16. The Morgan fingerprint density at radius 1 is 1.16 bits per heavy atom. The molecule has 0 aliphatic heterocycles. The Bertz CT molecular complexity index is 911. The van der Waals surface area contributed by atoms with Crippen LogP contribution in [0.2, 0.25) is 0 Å². The fourth-order valence-electron chi connectivity index (χ4n) is 2.92. The number of anilines is 1. The molecule has 0 radical (unpaired) electrons. The molecule has 25 heavy (non-hydrogen) atoms. The molecule has 0 unspecified atom stereocenters. The third-order valence-corrected chi connectivity index (χ3v) is 4.48. The van der Waals surface area contributed by atoms with Gasteiger partial charge in [-0.1, -0.05) is 36.4 Å². The molecule has 0 atom stereocenters. The van der Waals surface area contributed by atoms with Gasteiger partial charge in [-0.05, 0) is 38.9 Å². The summed E-state index contributed by atoms with van der Waals surface area (Å²) in [4.78, 5) is 14.9. The summed E-state index contributed by atoms with van der Waals surface area (Å²) in [5.41, 5.74) is 3.41. The third kappa shape index (κ3) is 3.56. The largest absolute Gasteiger partial charge is 0.321 e. The van der Waals surface area contributed by atoms with Crippen molar-refractivity contribution in [2.75, 3.05) is 26.0 Å². The van der Waals surface area contributed by atoms with Gasteiger partial charge in [-0.15, -0.1) is 0 Å². The van der Waals surface area contributed by atoms with Crippen LogP contribution in [-0.2, 0) is 6.54 Å². The summed E-state index contributed by atoms with van der Waals surface area (Å²) in [6, 6.07) is 12.2. The average Bonchev–Trinajstić information content (AvgIpc) is 2.96. The van der Waals surface area contributed by atoms with Crippen molar-refractivity contribution in [2.24, 2.45) is 0 Å². The van der Waals surface area contributed by atoms with E-state index in [1.165, 1.54) is 0 Å². The highest BCUT2D eigenvalue weighted by molar-refractivity contribution is 6.10. The highest BCUT2D eigenvalue weighted by Crippen LogP contribution is 2.27. The second-order valence-electron chi connectivity index (χ2n) is 6.60. The van der Waals surface area contributed by atoms with Gasteiger partial charge >= 0.3 is 0 Å². The van der Waals surface area contributed by atoms with Gasteiger partial charge in [-0.2, -0.15) is 5.10 Å². The van der Waals surface area contributed by atoms with Gasteiger partial charge in [0, 0.05) is 17.6 Å². The lowest BCUT2D eigenvalue weighted by Crippen LogP contribution is -2.20. The van der Waals surface area contributed by atoms with Crippen molar-refractivity contribution in [3.8, 4) is 0 Å². The minimum Gasteiger partial charge on any atom is -0.321 e. The van der Waals surface area contributed by atoms with Crippen molar-refractivity contribution in [1.82, 2.24) is 14.7 Å². The minimum atomic E-state index is -0.118. The van der Waals surface area contributed by atoms with Crippen molar-refractivity contribution in [2.45, 2.75) is 20.4 Å². The van der Waals surface area contributed by atoms with E-state index in [-0.39, 0.29) is 5.91 Å². The molecule has 0 saturated heterocycles. The lowest BCUT2D eigenvalue weighted by atomic mass is 10.0. The van der Waals surface area contributed by atoms with Gasteiger partial charge in [-0.3, -0.25) is 9.48 Å². The smallest absolute Gasteiger partial charge is 0.259 e. The Hall–Kier alpha value is -2.66. The Morgan fingerprint density at radius 3 is 2.68 bits per heavy atom. The maximum absolute atomic E-state index is 12.8. The summed E-state index contributed by atoms with van der Waals surface area (Å²) in [6.07, 6.45) is 1.65. The first-order valence-electron chi connectivity index (χ1n) is 8.44.